The van der Waals surface area contributed by atoms with Crippen LogP contribution in [0, 0.1) is 0 Å². The minimum atomic E-state index is -0.472. The Morgan fingerprint density at radius 2 is 1.78 bits per heavy atom. The summed E-state index contributed by atoms with van der Waals surface area (Å²) in [6.45, 7) is 1.70. The van der Waals surface area contributed by atoms with E-state index >= 15 is 0 Å². The highest BCUT2D eigenvalue weighted by Crippen LogP contribution is 2.30. The predicted octanol–water partition coefficient (Wildman–Crippen LogP) is 0.549. The van der Waals surface area contributed by atoms with Gasteiger partial charge in [0.1, 0.15) is 6.04 Å². The van der Waals surface area contributed by atoms with Crippen molar-refractivity contribution in [1.29, 1.82) is 0 Å². The van der Waals surface area contributed by atoms with Crippen molar-refractivity contribution in [1.82, 2.24) is 16.0 Å². The average molecular weight is 255 g/mol. The molecule has 0 spiro atoms. The summed E-state index contributed by atoms with van der Waals surface area (Å²) in [5, 5.41) is 8.58. The van der Waals surface area contributed by atoms with Gasteiger partial charge in [-0.3, -0.25) is 9.59 Å². The van der Waals surface area contributed by atoms with Crippen LogP contribution in [0.15, 0.2) is 0 Å². The molecule has 1 saturated carbocycles. The first-order valence-corrected chi connectivity index (χ1v) is 6.73. The SMILES string of the molecule is CNC(=O)C(C)NC(=O)CC1(NC)CCCCC1. The zero-order valence-electron chi connectivity index (χ0n) is 11.6. The summed E-state index contributed by atoms with van der Waals surface area (Å²) >= 11 is 0. The number of hydrogen-bond donors (Lipinski definition) is 3. The number of likely N-dealkylation sites (N-methyl/N-ethyl adjacent to an activating group) is 1. The second kappa shape index (κ2) is 6.73. The van der Waals surface area contributed by atoms with Gasteiger partial charge >= 0.3 is 0 Å². The van der Waals surface area contributed by atoms with Crippen molar-refractivity contribution in [2.75, 3.05) is 14.1 Å². The molecule has 0 aromatic carbocycles. The largest absolute Gasteiger partial charge is 0.357 e. The fourth-order valence-corrected chi connectivity index (χ4v) is 2.63. The van der Waals surface area contributed by atoms with Crippen LogP contribution >= 0.6 is 0 Å². The monoisotopic (exact) mass is 255 g/mol. The molecule has 0 bridgehead atoms. The molecular weight excluding hydrogens is 230 g/mol. The summed E-state index contributed by atoms with van der Waals surface area (Å²) in [7, 11) is 3.49. The topological polar surface area (TPSA) is 70.2 Å². The van der Waals surface area contributed by atoms with Crippen molar-refractivity contribution in [2.45, 2.75) is 57.0 Å². The molecule has 1 atom stereocenters. The smallest absolute Gasteiger partial charge is 0.242 e. The van der Waals surface area contributed by atoms with E-state index in [2.05, 4.69) is 16.0 Å². The van der Waals surface area contributed by atoms with E-state index in [0.717, 1.165) is 12.8 Å². The third-order valence-corrected chi connectivity index (χ3v) is 3.86. The van der Waals surface area contributed by atoms with Gasteiger partial charge in [0.15, 0.2) is 0 Å². The number of rotatable bonds is 5. The van der Waals surface area contributed by atoms with E-state index in [1.54, 1.807) is 14.0 Å². The van der Waals surface area contributed by atoms with E-state index < -0.39 is 6.04 Å². The molecule has 2 amide bonds. The highest BCUT2D eigenvalue weighted by atomic mass is 16.2. The Hall–Kier alpha value is -1.10. The quantitative estimate of drug-likeness (QED) is 0.672. The summed E-state index contributed by atoms with van der Waals surface area (Å²) in [6, 6.07) is -0.472. The van der Waals surface area contributed by atoms with Crippen LogP contribution in [0.2, 0.25) is 0 Å². The number of nitrogens with one attached hydrogen (secondary N) is 3. The summed E-state index contributed by atoms with van der Waals surface area (Å²) in [4.78, 5) is 23.3. The average Bonchev–Trinajstić information content (AvgIpc) is 2.38. The van der Waals surface area contributed by atoms with Crippen LogP contribution in [0.5, 0.6) is 0 Å². The van der Waals surface area contributed by atoms with Crippen LogP contribution in [-0.4, -0.2) is 37.5 Å². The van der Waals surface area contributed by atoms with Gasteiger partial charge in [0.25, 0.3) is 0 Å². The first-order chi connectivity index (χ1) is 8.53. The molecule has 0 heterocycles. The second-order valence-electron chi connectivity index (χ2n) is 5.17. The van der Waals surface area contributed by atoms with Crippen molar-refractivity contribution < 1.29 is 9.59 Å². The first-order valence-electron chi connectivity index (χ1n) is 6.73. The Morgan fingerprint density at radius 3 is 2.28 bits per heavy atom. The van der Waals surface area contributed by atoms with Crippen molar-refractivity contribution in [2.24, 2.45) is 0 Å². The van der Waals surface area contributed by atoms with Gasteiger partial charge in [-0.1, -0.05) is 19.3 Å². The summed E-state index contributed by atoms with van der Waals surface area (Å²) in [5.74, 6) is -0.215. The third-order valence-electron chi connectivity index (χ3n) is 3.86. The Kier molecular flexibility index (Phi) is 5.59. The van der Waals surface area contributed by atoms with Crippen LogP contribution < -0.4 is 16.0 Å². The lowest BCUT2D eigenvalue weighted by Crippen LogP contribution is -2.51. The van der Waals surface area contributed by atoms with E-state index in [4.69, 9.17) is 0 Å². The number of carbonyl (C=O) groups excluding carboxylic acids is 2. The molecule has 0 radical (unpaired) electrons. The van der Waals surface area contributed by atoms with Crippen LogP contribution in [0.25, 0.3) is 0 Å². The molecule has 0 aliphatic heterocycles. The number of amides is 2. The van der Waals surface area contributed by atoms with Crippen LogP contribution in [0.4, 0.5) is 0 Å². The molecule has 5 nitrogen and oxygen atoms in total. The van der Waals surface area contributed by atoms with Crippen LogP contribution in [0.1, 0.15) is 45.4 Å². The Bertz CT molecular complexity index is 299. The van der Waals surface area contributed by atoms with Gasteiger partial charge < -0.3 is 16.0 Å². The molecule has 1 rings (SSSR count). The first kappa shape index (κ1) is 15.0. The maximum atomic E-state index is 12.0. The molecule has 5 heteroatoms. The lowest BCUT2D eigenvalue weighted by Gasteiger charge is -2.36. The molecule has 1 aliphatic carbocycles. The minimum Gasteiger partial charge on any atom is -0.357 e. The van der Waals surface area contributed by atoms with E-state index in [0.29, 0.717) is 6.42 Å². The van der Waals surface area contributed by atoms with Crippen molar-refractivity contribution >= 4 is 11.8 Å². The van der Waals surface area contributed by atoms with Crippen molar-refractivity contribution in [3.63, 3.8) is 0 Å². The van der Waals surface area contributed by atoms with Crippen molar-refractivity contribution in [3.8, 4) is 0 Å². The number of hydrogen-bond acceptors (Lipinski definition) is 3. The molecule has 104 valence electrons. The predicted molar refractivity (Wildman–Crippen MR) is 71.2 cm³/mol. The van der Waals surface area contributed by atoms with E-state index in [9.17, 15) is 9.59 Å². The van der Waals surface area contributed by atoms with E-state index in [-0.39, 0.29) is 17.4 Å². The Morgan fingerprint density at radius 1 is 1.17 bits per heavy atom. The van der Waals surface area contributed by atoms with Gasteiger partial charge in [-0.15, -0.1) is 0 Å². The molecular formula is C13H25N3O2. The van der Waals surface area contributed by atoms with E-state index in [1.165, 1.54) is 19.3 Å². The van der Waals surface area contributed by atoms with Gasteiger partial charge in [-0.05, 0) is 26.8 Å². The van der Waals surface area contributed by atoms with E-state index in [1.807, 2.05) is 7.05 Å². The van der Waals surface area contributed by atoms with Gasteiger partial charge in [-0.25, -0.2) is 0 Å². The molecule has 0 aromatic rings. The molecule has 18 heavy (non-hydrogen) atoms. The van der Waals surface area contributed by atoms with Gasteiger partial charge in [0.2, 0.25) is 11.8 Å². The highest BCUT2D eigenvalue weighted by Gasteiger charge is 2.33. The van der Waals surface area contributed by atoms with Gasteiger partial charge in [0, 0.05) is 19.0 Å². The second-order valence-corrected chi connectivity index (χ2v) is 5.17. The molecule has 1 aliphatic rings. The standard InChI is InChI=1S/C13H25N3O2/c1-10(12(18)14-2)16-11(17)9-13(15-3)7-5-4-6-8-13/h10,15H,4-9H2,1-3H3,(H,14,18)(H,16,17). The molecule has 0 aromatic heterocycles. The lowest BCUT2D eigenvalue weighted by atomic mass is 9.79. The molecule has 1 fully saturated rings. The Balaban J connectivity index is 2.49. The Labute approximate surface area is 109 Å². The van der Waals surface area contributed by atoms with Crippen LogP contribution in [-0.2, 0) is 9.59 Å². The van der Waals surface area contributed by atoms with Crippen molar-refractivity contribution in [3.05, 3.63) is 0 Å². The zero-order valence-corrected chi connectivity index (χ0v) is 11.6. The summed E-state index contributed by atoms with van der Waals surface area (Å²) < 4.78 is 0. The third kappa shape index (κ3) is 3.98. The minimum absolute atomic E-state index is 0.0534. The molecule has 1 unspecified atom stereocenters. The van der Waals surface area contributed by atoms with Gasteiger partial charge in [-0.2, -0.15) is 0 Å². The lowest BCUT2D eigenvalue weighted by molar-refractivity contribution is -0.129. The van der Waals surface area contributed by atoms with Crippen LogP contribution in [0.3, 0.4) is 0 Å². The van der Waals surface area contributed by atoms with Gasteiger partial charge in [0.05, 0.1) is 0 Å². The normalized spacial score (nSPS) is 19.9. The summed E-state index contributed by atoms with van der Waals surface area (Å²) in [5.41, 5.74) is -0.0786. The summed E-state index contributed by atoms with van der Waals surface area (Å²) in [6.07, 6.45) is 6.10. The fourth-order valence-electron chi connectivity index (χ4n) is 2.63. The number of carbonyl (C=O) groups is 2. The highest BCUT2D eigenvalue weighted by molar-refractivity contribution is 5.87. The maximum absolute atomic E-state index is 12.0. The molecule has 3 N–H and O–H groups in total. The molecule has 0 saturated heterocycles. The maximum Gasteiger partial charge on any atom is 0.242 e. The fraction of sp³-hybridized carbons (Fsp3) is 0.846. The zero-order chi connectivity index (χ0) is 13.6.